The van der Waals surface area contributed by atoms with E-state index in [1.165, 1.54) is 250 Å². The molecule has 0 bridgehead atoms. The van der Waals surface area contributed by atoms with Gasteiger partial charge in [-0.3, -0.25) is 9.59 Å². The predicted octanol–water partition coefficient (Wildman–Crippen LogP) is 14.7. The Morgan fingerprint density at radius 2 is 0.403 bits per heavy atom. The molecule has 0 unspecified atom stereocenters. The van der Waals surface area contributed by atoms with Crippen molar-refractivity contribution in [2.45, 2.75) is 329 Å². The molecule has 0 atom stereocenters. The smallest absolute Gasteiger partial charge is 0.550 e. The summed E-state index contributed by atoms with van der Waals surface area (Å²) in [7, 11) is 0. The number of carbonyl (C=O) groups is 3. The van der Waals surface area contributed by atoms with Crippen molar-refractivity contribution in [1.82, 2.24) is 0 Å². The van der Waals surface area contributed by atoms with E-state index in [0.29, 0.717) is 12.8 Å². The van der Waals surface area contributed by atoms with Gasteiger partial charge in [0.1, 0.15) is 0 Å². The third-order valence-electron chi connectivity index (χ3n) is 12.0. The summed E-state index contributed by atoms with van der Waals surface area (Å²) in [6, 6.07) is 0. The van der Waals surface area contributed by atoms with Gasteiger partial charge in [-0.05, 0) is 25.7 Å². The number of hydrogen-bond donors (Lipinski definition) is 2. The van der Waals surface area contributed by atoms with Crippen molar-refractivity contribution in [3.05, 3.63) is 0 Å². The van der Waals surface area contributed by atoms with Gasteiger partial charge in [0.2, 0.25) is 0 Å². The standard InChI is InChI=1S/3C18H36O2.K.Zn/c3*1-2-3-4-5-6-7-8-9-10-11-12-13-14-15-16-17-18(19)20;;/h3*2-17H2,1H3,(H,19,20);;/q;;;+1;/p-1. The van der Waals surface area contributed by atoms with E-state index in [1.807, 2.05) is 0 Å². The van der Waals surface area contributed by atoms with Crippen molar-refractivity contribution < 1.29 is 101 Å². The van der Waals surface area contributed by atoms with Crippen LogP contribution in [0.25, 0.3) is 0 Å². The maximum Gasteiger partial charge on any atom is 1.00 e. The fraction of sp³-hybridized carbons (Fsp3) is 0.944. The van der Waals surface area contributed by atoms with E-state index in [0.717, 1.165) is 38.5 Å². The molecule has 0 aliphatic rings. The maximum absolute atomic E-state index is 10.3. The van der Waals surface area contributed by atoms with Crippen LogP contribution >= 0.6 is 0 Å². The van der Waals surface area contributed by atoms with Gasteiger partial charge in [-0.15, -0.1) is 0 Å². The number of rotatable bonds is 48. The molecule has 0 aliphatic heterocycles. The summed E-state index contributed by atoms with van der Waals surface area (Å²) in [5.74, 6) is -2.21. The third-order valence-corrected chi connectivity index (χ3v) is 12.0. The quantitative estimate of drug-likeness (QED) is 0.0464. The van der Waals surface area contributed by atoms with E-state index >= 15 is 0 Å². The van der Waals surface area contributed by atoms with Gasteiger partial charge in [-0.25, -0.2) is 0 Å². The normalized spacial score (nSPS) is 10.5. The number of hydrogen-bond acceptors (Lipinski definition) is 4. The van der Waals surface area contributed by atoms with Crippen LogP contribution in [0.1, 0.15) is 329 Å². The Balaban J connectivity index is -0.000000258. The Morgan fingerprint density at radius 1 is 0.274 bits per heavy atom. The van der Waals surface area contributed by atoms with Crippen LogP contribution in [-0.2, 0) is 33.9 Å². The van der Waals surface area contributed by atoms with Gasteiger partial charge in [0.25, 0.3) is 0 Å². The zero-order chi connectivity index (χ0) is 44.7. The van der Waals surface area contributed by atoms with Crippen molar-refractivity contribution in [3.8, 4) is 0 Å². The Hall–Kier alpha value is 0.670. The fourth-order valence-corrected chi connectivity index (χ4v) is 7.94. The van der Waals surface area contributed by atoms with Crippen LogP contribution in [0.2, 0.25) is 0 Å². The first kappa shape index (κ1) is 71.7. The molecular weight excluding hydrogens is 849 g/mol. The summed E-state index contributed by atoms with van der Waals surface area (Å²) in [6.07, 6.45) is 60.3. The molecule has 0 aromatic rings. The topological polar surface area (TPSA) is 115 Å². The molecule has 0 aromatic heterocycles. The van der Waals surface area contributed by atoms with E-state index in [9.17, 15) is 19.5 Å². The van der Waals surface area contributed by atoms with Gasteiger partial charge in [0.15, 0.2) is 0 Å². The molecule has 0 fully saturated rings. The molecule has 0 saturated heterocycles. The number of aliphatic carboxylic acids is 3. The first-order chi connectivity index (χ1) is 29.3. The van der Waals surface area contributed by atoms with Crippen LogP contribution in [0.5, 0.6) is 0 Å². The molecular formula is C54H107KO6Zn. The van der Waals surface area contributed by atoms with Crippen LogP contribution in [0, 0.1) is 0 Å². The Bertz CT molecular complexity index is 724. The molecule has 0 heterocycles. The summed E-state index contributed by atoms with van der Waals surface area (Å²) in [5.41, 5.74) is 0. The molecule has 8 heteroatoms. The van der Waals surface area contributed by atoms with Crippen LogP contribution in [0.3, 0.4) is 0 Å². The Kier molecular flexibility index (Phi) is 78.9. The van der Waals surface area contributed by atoms with E-state index in [4.69, 9.17) is 10.2 Å². The second-order valence-electron chi connectivity index (χ2n) is 18.3. The van der Waals surface area contributed by atoms with E-state index in [1.54, 1.807) is 0 Å². The molecule has 2 N–H and O–H groups in total. The molecule has 6 nitrogen and oxygen atoms in total. The van der Waals surface area contributed by atoms with Gasteiger partial charge in [-0.1, -0.05) is 290 Å². The van der Waals surface area contributed by atoms with Crippen molar-refractivity contribution in [1.29, 1.82) is 0 Å². The van der Waals surface area contributed by atoms with Crippen LogP contribution in [0.4, 0.5) is 0 Å². The molecule has 362 valence electrons. The summed E-state index contributed by atoms with van der Waals surface area (Å²) in [6.45, 7) is 6.81. The summed E-state index contributed by atoms with van der Waals surface area (Å²) in [5, 5.41) is 27.3. The average molecular weight is 957 g/mol. The van der Waals surface area contributed by atoms with Crippen molar-refractivity contribution in [2.24, 2.45) is 0 Å². The molecule has 0 amide bonds. The zero-order valence-corrected chi connectivity index (χ0v) is 48.8. The average Bonchev–Trinajstić information content (AvgIpc) is 3.22. The van der Waals surface area contributed by atoms with E-state index in [2.05, 4.69) is 20.8 Å². The molecule has 62 heavy (non-hydrogen) atoms. The van der Waals surface area contributed by atoms with Crippen LogP contribution in [0.15, 0.2) is 0 Å². The fourth-order valence-electron chi connectivity index (χ4n) is 7.94. The zero-order valence-electron chi connectivity index (χ0n) is 42.7. The number of carbonyl (C=O) groups excluding carboxylic acids is 1. The number of carboxylic acids is 3. The minimum absolute atomic E-state index is 0. The minimum Gasteiger partial charge on any atom is -0.550 e. The summed E-state index contributed by atoms with van der Waals surface area (Å²) < 4.78 is 0. The van der Waals surface area contributed by atoms with Gasteiger partial charge >= 0.3 is 63.3 Å². The largest absolute Gasteiger partial charge is 1.00 e. The number of carboxylic acid groups (broad SMARTS) is 3. The van der Waals surface area contributed by atoms with Crippen LogP contribution in [-0.4, -0.2) is 28.1 Å². The molecule has 0 radical (unpaired) electrons. The molecule has 0 aliphatic carbocycles. The minimum atomic E-state index is -0.903. The number of unbranched alkanes of at least 4 members (excludes halogenated alkanes) is 42. The molecule has 0 aromatic carbocycles. The Morgan fingerprint density at radius 3 is 0.532 bits per heavy atom. The SMILES string of the molecule is CCCCCCCCCCCCCCCCCC(=O)O.CCCCCCCCCCCCCCCCCC(=O)O.CCCCCCCCCCCCCCCCCC(=O)[O-].[K+].[Zn]. The molecule has 0 saturated carbocycles. The maximum atomic E-state index is 10.3. The van der Waals surface area contributed by atoms with E-state index in [-0.39, 0.29) is 77.3 Å². The van der Waals surface area contributed by atoms with Gasteiger partial charge in [0.05, 0.1) is 0 Å². The van der Waals surface area contributed by atoms with Crippen LogP contribution < -0.4 is 56.5 Å². The Labute approximate surface area is 443 Å². The molecule has 0 spiro atoms. The first-order valence-corrected chi connectivity index (χ1v) is 26.9. The summed E-state index contributed by atoms with van der Waals surface area (Å²) in [4.78, 5) is 30.9. The monoisotopic (exact) mass is 955 g/mol. The third kappa shape index (κ3) is 80.9. The van der Waals surface area contributed by atoms with Crippen molar-refractivity contribution in [3.63, 3.8) is 0 Å². The van der Waals surface area contributed by atoms with Crippen molar-refractivity contribution in [2.75, 3.05) is 0 Å². The first-order valence-electron chi connectivity index (χ1n) is 26.9. The second kappa shape index (κ2) is 68.3. The van der Waals surface area contributed by atoms with Gasteiger partial charge < -0.3 is 20.1 Å². The van der Waals surface area contributed by atoms with Gasteiger partial charge in [0, 0.05) is 38.3 Å². The molecule has 0 rings (SSSR count). The summed E-state index contributed by atoms with van der Waals surface area (Å²) >= 11 is 0. The van der Waals surface area contributed by atoms with E-state index < -0.39 is 17.9 Å². The predicted molar refractivity (Wildman–Crippen MR) is 259 cm³/mol. The second-order valence-corrected chi connectivity index (χ2v) is 18.3. The van der Waals surface area contributed by atoms with Gasteiger partial charge in [-0.2, -0.15) is 0 Å². The van der Waals surface area contributed by atoms with Crippen molar-refractivity contribution >= 4 is 17.9 Å².